The molecule has 1 aliphatic carbocycles. The van der Waals surface area contributed by atoms with E-state index in [1.54, 1.807) is 24.3 Å². The Morgan fingerprint density at radius 1 is 1.28 bits per heavy atom. The molecule has 1 saturated carbocycles. The molecule has 25 heavy (non-hydrogen) atoms. The van der Waals surface area contributed by atoms with Crippen LogP contribution in [0.15, 0.2) is 29.2 Å². The fourth-order valence-electron chi connectivity index (χ4n) is 2.93. The molecule has 1 atom stereocenters. The van der Waals surface area contributed by atoms with E-state index < -0.39 is 10.0 Å². The van der Waals surface area contributed by atoms with Gasteiger partial charge in [0.2, 0.25) is 15.9 Å². The van der Waals surface area contributed by atoms with Gasteiger partial charge in [0.15, 0.2) is 0 Å². The van der Waals surface area contributed by atoms with Crippen molar-refractivity contribution in [2.45, 2.75) is 49.6 Å². The van der Waals surface area contributed by atoms with Gasteiger partial charge >= 0.3 is 0 Å². The van der Waals surface area contributed by atoms with E-state index in [0.29, 0.717) is 17.7 Å². The van der Waals surface area contributed by atoms with Crippen molar-refractivity contribution in [1.82, 2.24) is 14.9 Å². The van der Waals surface area contributed by atoms with Gasteiger partial charge in [0.25, 0.3) is 0 Å². The summed E-state index contributed by atoms with van der Waals surface area (Å²) in [6, 6.07) is 7.18. The Kier molecular flexibility index (Phi) is 6.85. The van der Waals surface area contributed by atoms with Crippen LogP contribution in [0.25, 0.3) is 0 Å². The number of carbonyl (C=O) groups excluding carboxylic acids is 1. The van der Waals surface area contributed by atoms with Crippen LogP contribution < -0.4 is 10.0 Å². The van der Waals surface area contributed by atoms with Crippen LogP contribution >= 0.6 is 12.4 Å². The van der Waals surface area contributed by atoms with Crippen molar-refractivity contribution in [3.8, 4) is 0 Å². The second kappa shape index (κ2) is 8.49. The molecule has 140 valence electrons. The van der Waals surface area contributed by atoms with Crippen molar-refractivity contribution in [3.63, 3.8) is 0 Å². The number of hydrogen-bond donors (Lipinski definition) is 2. The fourth-order valence-corrected chi connectivity index (χ4v) is 4.24. The Morgan fingerprint density at radius 3 is 2.56 bits per heavy atom. The molecule has 2 aliphatic rings. The number of benzene rings is 1. The van der Waals surface area contributed by atoms with E-state index >= 15 is 0 Å². The van der Waals surface area contributed by atoms with E-state index in [-0.39, 0.29) is 30.4 Å². The minimum atomic E-state index is -3.40. The lowest BCUT2D eigenvalue weighted by Gasteiger charge is -2.34. The van der Waals surface area contributed by atoms with Crippen LogP contribution in [-0.2, 0) is 21.2 Å². The molecule has 2 fully saturated rings. The number of halogens is 1. The number of nitrogens with zero attached hydrogens (tertiary/aromatic N) is 1. The van der Waals surface area contributed by atoms with Crippen LogP contribution in [0.3, 0.4) is 0 Å². The van der Waals surface area contributed by atoms with E-state index in [1.165, 1.54) is 0 Å². The second-order valence-electron chi connectivity index (χ2n) is 6.68. The number of amides is 1. The topological polar surface area (TPSA) is 78.5 Å². The van der Waals surface area contributed by atoms with E-state index in [4.69, 9.17) is 0 Å². The fraction of sp³-hybridized carbons (Fsp3) is 0.588. The molecule has 1 aromatic rings. The van der Waals surface area contributed by atoms with Gasteiger partial charge in [-0.05, 0) is 43.9 Å². The molecule has 0 aromatic heterocycles. The largest absolute Gasteiger partial charge is 0.337 e. The number of piperazine rings is 1. The van der Waals surface area contributed by atoms with Crippen LogP contribution in [0.4, 0.5) is 0 Å². The van der Waals surface area contributed by atoms with Gasteiger partial charge in [-0.2, -0.15) is 0 Å². The van der Waals surface area contributed by atoms with Gasteiger partial charge < -0.3 is 10.2 Å². The zero-order chi connectivity index (χ0) is 17.2. The van der Waals surface area contributed by atoms with Crippen molar-refractivity contribution in [2.75, 3.05) is 19.6 Å². The van der Waals surface area contributed by atoms with Gasteiger partial charge in [-0.25, -0.2) is 13.1 Å². The molecule has 0 bridgehead atoms. The van der Waals surface area contributed by atoms with Crippen molar-refractivity contribution in [1.29, 1.82) is 0 Å². The normalized spacial score (nSPS) is 20.8. The molecule has 1 saturated heterocycles. The predicted octanol–water partition coefficient (Wildman–Crippen LogP) is 1.30. The standard InChI is InChI=1S/C17H25N3O3S.ClH/c1-13-12-18-10-11-20(13)17(21)9-4-14-2-7-16(8-3-14)24(22,23)19-15-5-6-15;/h2-3,7-8,13,15,18-19H,4-6,9-12H2,1H3;1H/t13-;/m1./s1. The number of nitrogens with one attached hydrogen (secondary N) is 2. The first-order valence-corrected chi connectivity index (χ1v) is 10.1. The maximum Gasteiger partial charge on any atom is 0.240 e. The molecule has 6 nitrogen and oxygen atoms in total. The lowest BCUT2D eigenvalue weighted by atomic mass is 10.1. The summed E-state index contributed by atoms with van der Waals surface area (Å²) < 4.78 is 26.9. The number of rotatable bonds is 6. The molecular weight excluding hydrogens is 362 g/mol. The van der Waals surface area contributed by atoms with E-state index in [0.717, 1.165) is 38.0 Å². The number of carbonyl (C=O) groups is 1. The summed E-state index contributed by atoms with van der Waals surface area (Å²) in [7, 11) is -3.40. The van der Waals surface area contributed by atoms with E-state index in [1.807, 2.05) is 4.90 Å². The van der Waals surface area contributed by atoms with Gasteiger partial charge in [0.1, 0.15) is 0 Å². The first-order valence-electron chi connectivity index (χ1n) is 8.57. The minimum Gasteiger partial charge on any atom is -0.337 e. The Balaban J connectivity index is 0.00000225. The van der Waals surface area contributed by atoms with Crippen LogP contribution in [0.2, 0.25) is 0 Å². The zero-order valence-corrected chi connectivity index (χ0v) is 16.0. The van der Waals surface area contributed by atoms with Crippen LogP contribution in [0.5, 0.6) is 0 Å². The molecule has 1 amide bonds. The summed E-state index contributed by atoms with van der Waals surface area (Å²) in [5.74, 6) is 0.163. The molecule has 0 unspecified atom stereocenters. The average Bonchev–Trinajstić information content (AvgIpc) is 3.37. The van der Waals surface area contributed by atoms with Crippen LogP contribution in [0, 0.1) is 0 Å². The summed E-state index contributed by atoms with van der Waals surface area (Å²) in [6.07, 6.45) is 2.93. The molecule has 2 N–H and O–H groups in total. The molecule has 1 aromatic carbocycles. The summed E-state index contributed by atoms with van der Waals surface area (Å²) in [5.41, 5.74) is 0.983. The lowest BCUT2D eigenvalue weighted by Crippen LogP contribution is -2.52. The van der Waals surface area contributed by atoms with Crippen LogP contribution in [-0.4, -0.2) is 50.9 Å². The summed E-state index contributed by atoms with van der Waals surface area (Å²) in [6.45, 7) is 4.49. The van der Waals surface area contributed by atoms with Gasteiger partial charge in [-0.15, -0.1) is 12.4 Å². The molecule has 3 rings (SSSR count). The number of hydrogen-bond acceptors (Lipinski definition) is 4. The van der Waals surface area contributed by atoms with Crippen molar-refractivity contribution < 1.29 is 13.2 Å². The van der Waals surface area contributed by atoms with Gasteiger partial charge in [0, 0.05) is 38.1 Å². The summed E-state index contributed by atoms with van der Waals surface area (Å²) >= 11 is 0. The number of aryl methyl sites for hydroxylation is 1. The van der Waals surface area contributed by atoms with Gasteiger partial charge in [-0.1, -0.05) is 12.1 Å². The Bertz CT molecular complexity index is 690. The van der Waals surface area contributed by atoms with E-state index in [2.05, 4.69) is 17.0 Å². The average molecular weight is 388 g/mol. The second-order valence-corrected chi connectivity index (χ2v) is 8.39. The summed E-state index contributed by atoms with van der Waals surface area (Å²) in [5, 5.41) is 3.27. The van der Waals surface area contributed by atoms with Crippen molar-refractivity contribution >= 4 is 28.3 Å². The maximum atomic E-state index is 12.3. The minimum absolute atomic E-state index is 0. The zero-order valence-electron chi connectivity index (χ0n) is 14.4. The summed E-state index contributed by atoms with van der Waals surface area (Å²) in [4.78, 5) is 14.5. The monoisotopic (exact) mass is 387 g/mol. The first kappa shape index (κ1) is 20.2. The first-order chi connectivity index (χ1) is 11.5. The van der Waals surface area contributed by atoms with Crippen molar-refractivity contribution in [2.24, 2.45) is 0 Å². The molecule has 0 radical (unpaired) electrons. The molecule has 1 aliphatic heterocycles. The highest BCUT2D eigenvalue weighted by Crippen LogP contribution is 2.22. The highest BCUT2D eigenvalue weighted by atomic mass is 35.5. The van der Waals surface area contributed by atoms with E-state index in [9.17, 15) is 13.2 Å². The maximum absolute atomic E-state index is 12.3. The Labute approximate surface area is 155 Å². The molecule has 8 heteroatoms. The highest BCUT2D eigenvalue weighted by molar-refractivity contribution is 7.89. The smallest absolute Gasteiger partial charge is 0.240 e. The number of sulfonamides is 1. The third-order valence-corrected chi connectivity index (χ3v) is 6.12. The quantitative estimate of drug-likeness (QED) is 0.771. The third-order valence-electron chi connectivity index (χ3n) is 4.58. The predicted molar refractivity (Wildman–Crippen MR) is 99.4 cm³/mol. The Morgan fingerprint density at radius 2 is 1.96 bits per heavy atom. The molecule has 0 spiro atoms. The lowest BCUT2D eigenvalue weighted by molar-refractivity contribution is -0.133. The molecule has 1 heterocycles. The van der Waals surface area contributed by atoms with Gasteiger partial charge in [0.05, 0.1) is 4.90 Å². The van der Waals surface area contributed by atoms with Crippen molar-refractivity contribution in [3.05, 3.63) is 29.8 Å². The SMILES string of the molecule is C[C@@H]1CNCCN1C(=O)CCc1ccc(S(=O)(=O)NC2CC2)cc1.Cl. The van der Waals surface area contributed by atoms with Gasteiger partial charge in [-0.3, -0.25) is 4.79 Å². The molecular formula is C17H26ClN3O3S. The Hall–Kier alpha value is -1.15. The highest BCUT2D eigenvalue weighted by Gasteiger charge is 2.28. The third kappa shape index (κ3) is 5.41. The van der Waals surface area contributed by atoms with Crippen LogP contribution in [0.1, 0.15) is 31.7 Å².